The summed E-state index contributed by atoms with van der Waals surface area (Å²) >= 11 is 2.95. The predicted molar refractivity (Wildman–Crippen MR) is 68.5 cm³/mol. The summed E-state index contributed by atoms with van der Waals surface area (Å²) < 4.78 is 42.6. The van der Waals surface area contributed by atoms with Crippen molar-refractivity contribution in [2.75, 3.05) is 13.7 Å². The number of hydrogen-bond donors (Lipinski definition) is 1. The van der Waals surface area contributed by atoms with Crippen LogP contribution >= 0.6 is 15.9 Å². The van der Waals surface area contributed by atoms with Gasteiger partial charge in [0.1, 0.15) is 4.83 Å². The van der Waals surface area contributed by atoms with Crippen molar-refractivity contribution in [1.82, 2.24) is 5.32 Å². The molecule has 1 unspecified atom stereocenters. The summed E-state index contributed by atoms with van der Waals surface area (Å²) in [5, 5.41) is 2.24. The van der Waals surface area contributed by atoms with Crippen LogP contribution in [-0.2, 0) is 15.7 Å². The zero-order chi connectivity index (χ0) is 15.3. The van der Waals surface area contributed by atoms with E-state index >= 15 is 0 Å². The Morgan fingerprint density at radius 3 is 2.50 bits per heavy atom. The number of rotatable bonds is 4. The molecule has 0 saturated heterocycles. The maximum Gasteiger partial charge on any atom is 0.417 e. The minimum absolute atomic E-state index is 0.183. The van der Waals surface area contributed by atoms with Crippen LogP contribution < -0.4 is 5.32 Å². The fourth-order valence-corrected chi connectivity index (χ4v) is 1.77. The summed E-state index contributed by atoms with van der Waals surface area (Å²) in [6, 6.07) is 4.41. The van der Waals surface area contributed by atoms with Crippen molar-refractivity contribution in [2.24, 2.45) is 0 Å². The number of ether oxygens (including phenoxy) is 1. The molecule has 0 aromatic heterocycles. The molecule has 0 saturated carbocycles. The molecule has 0 spiro atoms. The standard InChI is InChI=1S/C12H11BrF3NO3/c1-20-11(19)9(13)6-17-10(18)7-4-2-3-5-8(7)12(14,15)16/h2-5,9H,6H2,1H3,(H,17,18). The molecule has 1 aromatic carbocycles. The van der Waals surface area contributed by atoms with Crippen molar-refractivity contribution in [3.8, 4) is 0 Å². The summed E-state index contributed by atoms with van der Waals surface area (Å²) in [6.45, 7) is -0.183. The predicted octanol–water partition coefficient (Wildman–Crippen LogP) is 2.37. The number of carbonyl (C=O) groups excluding carboxylic acids is 2. The number of hydrogen-bond acceptors (Lipinski definition) is 3. The molecule has 1 atom stereocenters. The second kappa shape index (κ2) is 6.74. The van der Waals surface area contributed by atoms with Gasteiger partial charge in [0.15, 0.2) is 0 Å². The molecule has 110 valence electrons. The topological polar surface area (TPSA) is 55.4 Å². The van der Waals surface area contributed by atoms with Gasteiger partial charge in [-0.1, -0.05) is 28.1 Å². The highest BCUT2D eigenvalue weighted by Gasteiger charge is 2.34. The smallest absolute Gasteiger partial charge is 0.417 e. The Hall–Kier alpha value is -1.57. The zero-order valence-corrected chi connectivity index (χ0v) is 11.9. The van der Waals surface area contributed by atoms with Crippen molar-refractivity contribution in [3.05, 3.63) is 35.4 Å². The normalized spacial score (nSPS) is 12.7. The van der Waals surface area contributed by atoms with E-state index in [4.69, 9.17) is 0 Å². The highest BCUT2D eigenvalue weighted by Crippen LogP contribution is 2.31. The van der Waals surface area contributed by atoms with E-state index in [1.165, 1.54) is 12.1 Å². The van der Waals surface area contributed by atoms with Crippen LogP contribution in [0.25, 0.3) is 0 Å². The molecule has 1 N–H and O–H groups in total. The van der Waals surface area contributed by atoms with Crippen molar-refractivity contribution in [3.63, 3.8) is 0 Å². The zero-order valence-electron chi connectivity index (χ0n) is 10.3. The molecule has 1 amide bonds. The molecular formula is C12H11BrF3NO3. The van der Waals surface area contributed by atoms with Crippen LogP contribution in [-0.4, -0.2) is 30.4 Å². The minimum Gasteiger partial charge on any atom is -0.468 e. The molecule has 8 heteroatoms. The largest absolute Gasteiger partial charge is 0.468 e. The van der Waals surface area contributed by atoms with Crippen LogP contribution in [0, 0.1) is 0 Å². The van der Waals surface area contributed by atoms with Gasteiger partial charge in [0.25, 0.3) is 5.91 Å². The number of esters is 1. The highest BCUT2D eigenvalue weighted by molar-refractivity contribution is 9.10. The summed E-state index contributed by atoms with van der Waals surface area (Å²) in [6.07, 6.45) is -4.62. The van der Waals surface area contributed by atoms with E-state index in [1.54, 1.807) is 0 Å². The quantitative estimate of drug-likeness (QED) is 0.667. The molecular weight excluding hydrogens is 343 g/mol. The lowest BCUT2D eigenvalue weighted by Crippen LogP contribution is -2.34. The first-order valence-corrected chi connectivity index (χ1v) is 6.35. The Morgan fingerprint density at radius 2 is 1.95 bits per heavy atom. The van der Waals surface area contributed by atoms with Gasteiger partial charge in [0.2, 0.25) is 0 Å². The Kier molecular flexibility index (Phi) is 5.55. The lowest BCUT2D eigenvalue weighted by Gasteiger charge is -2.13. The van der Waals surface area contributed by atoms with Crippen LogP contribution in [0.4, 0.5) is 13.2 Å². The van der Waals surface area contributed by atoms with E-state index in [-0.39, 0.29) is 6.54 Å². The second-order valence-corrected chi connectivity index (χ2v) is 4.85. The molecule has 1 rings (SSSR count). The van der Waals surface area contributed by atoms with Gasteiger partial charge in [-0.15, -0.1) is 0 Å². The second-order valence-electron chi connectivity index (χ2n) is 3.74. The molecule has 0 aliphatic rings. The SMILES string of the molecule is COC(=O)C(Br)CNC(=O)c1ccccc1C(F)(F)F. The third-order valence-corrected chi connectivity index (χ3v) is 3.07. The van der Waals surface area contributed by atoms with Gasteiger partial charge in [-0.3, -0.25) is 9.59 Å². The molecule has 0 fully saturated rings. The Bertz CT molecular complexity index is 505. The van der Waals surface area contributed by atoms with Crippen molar-refractivity contribution >= 4 is 27.8 Å². The van der Waals surface area contributed by atoms with Gasteiger partial charge in [-0.2, -0.15) is 13.2 Å². The van der Waals surface area contributed by atoms with Crippen LogP contribution in [0.3, 0.4) is 0 Å². The summed E-state index contributed by atoms with van der Waals surface area (Å²) in [7, 11) is 1.16. The van der Waals surface area contributed by atoms with Crippen LogP contribution in [0.5, 0.6) is 0 Å². The molecule has 4 nitrogen and oxygen atoms in total. The third-order valence-electron chi connectivity index (χ3n) is 2.38. The van der Waals surface area contributed by atoms with E-state index in [0.717, 1.165) is 19.2 Å². The van der Waals surface area contributed by atoms with Gasteiger partial charge in [0, 0.05) is 6.54 Å². The van der Waals surface area contributed by atoms with Crippen LogP contribution in [0.15, 0.2) is 24.3 Å². The Labute approximate surface area is 121 Å². The molecule has 20 heavy (non-hydrogen) atoms. The van der Waals surface area contributed by atoms with Crippen molar-refractivity contribution in [1.29, 1.82) is 0 Å². The first-order chi connectivity index (χ1) is 9.27. The Morgan fingerprint density at radius 1 is 1.35 bits per heavy atom. The molecule has 0 bridgehead atoms. The lowest BCUT2D eigenvalue weighted by molar-refractivity contribution is -0.140. The van der Waals surface area contributed by atoms with Crippen LogP contribution in [0.2, 0.25) is 0 Å². The van der Waals surface area contributed by atoms with Gasteiger partial charge >= 0.3 is 12.1 Å². The minimum atomic E-state index is -4.62. The number of alkyl halides is 4. The highest BCUT2D eigenvalue weighted by atomic mass is 79.9. The maximum absolute atomic E-state index is 12.7. The number of amides is 1. The lowest BCUT2D eigenvalue weighted by atomic mass is 10.1. The van der Waals surface area contributed by atoms with Gasteiger partial charge in [-0.25, -0.2) is 0 Å². The van der Waals surface area contributed by atoms with E-state index in [2.05, 4.69) is 26.0 Å². The average molecular weight is 354 g/mol. The van der Waals surface area contributed by atoms with Gasteiger partial charge in [0.05, 0.1) is 18.2 Å². The van der Waals surface area contributed by atoms with Crippen molar-refractivity contribution in [2.45, 2.75) is 11.0 Å². The maximum atomic E-state index is 12.7. The number of halogens is 4. The average Bonchev–Trinajstić information content (AvgIpc) is 2.42. The van der Waals surface area contributed by atoms with E-state index in [9.17, 15) is 22.8 Å². The summed E-state index contributed by atoms with van der Waals surface area (Å²) in [5.74, 6) is -1.54. The van der Waals surface area contributed by atoms with Gasteiger partial charge < -0.3 is 10.1 Å². The number of carbonyl (C=O) groups is 2. The molecule has 0 radical (unpaired) electrons. The monoisotopic (exact) mass is 353 g/mol. The number of methoxy groups -OCH3 is 1. The fourth-order valence-electron chi connectivity index (χ4n) is 1.42. The summed E-state index contributed by atoms with van der Waals surface area (Å²) in [5.41, 5.74) is -1.52. The summed E-state index contributed by atoms with van der Waals surface area (Å²) in [4.78, 5) is 22.0. The first-order valence-electron chi connectivity index (χ1n) is 5.43. The van der Waals surface area contributed by atoms with Crippen molar-refractivity contribution < 1.29 is 27.5 Å². The molecule has 0 aliphatic heterocycles. The number of benzene rings is 1. The number of nitrogens with one attached hydrogen (secondary N) is 1. The first kappa shape index (κ1) is 16.5. The fraction of sp³-hybridized carbons (Fsp3) is 0.333. The van der Waals surface area contributed by atoms with Crippen LogP contribution in [0.1, 0.15) is 15.9 Å². The third kappa shape index (κ3) is 4.22. The molecule has 0 aliphatic carbocycles. The molecule has 1 aromatic rings. The Balaban J connectivity index is 2.81. The van der Waals surface area contributed by atoms with E-state index < -0.39 is 34.0 Å². The van der Waals surface area contributed by atoms with Gasteiger partial charge in [-0.05, 0) is 12.1 Å². The van der Waals surface area contributed by atoms with E-state index in [1.807, 2.05) is 0 Å². The van der Waals surface area contributed by atoms with E-state index in [0.29, 0.717) is 0 Å². The molecule has 0 heterocycles.